The summed E-state index contributed by atoms with van der Waals surface area (Å²) >= 11 is 0. The van der Waals surface area contributed by atoms with Gasteiger partial charge in [0.25, 0.3) is 5.91 Å². The van der Waals surface area contributed by atoms with E-state index in [1.807, 2.05) is 17.8 Å². The van der Waals surface area contributed by atoms with E-state index in [0.717, 1.165) is 5.82 Å². The fraction of sp³-hybridized carbons (Fsp3) is 0.250. The predicted molar refractivity (Wildman–Crippen MR) is 67.7 cm³/mol. The molecule has 1 amide bonds. The van der Waals surface area contributed by atoms with Crippen molar-refractivity contribution in [1.82, 2.24) is 19.4 Å². The van der Waals surface area contributed by atoms with Gasteiger partial charge < -0.3 is 15.2 Å². The van der Waals surface area contributed by atoms with Crippen molar-refractivity contribution in [3.63, 3.8) is 0 Å². The molecule has 0 aliphatic heterocycles. The fourth-order valence-corrected chi connectivity index (χ4v) is 1.59. The molecule has 2 N–H and O–H groups in total. The first kappa shape index (κ1) is 12.1. The number of aromatic nitrogens is 3. The Morgan fingerprint density at radius 1 is 1.44 bits per heavy atom. The van der Waals surface area contributed by atoms with E-state index < -0.39 is 0 Å². The summed E-state index contributed by atoms with van der Waals surface area (Å²) in [6.07, 6.45) is 5.07. The Kier molecular flexibility index (Phi) is 3.27. The van der Waals surface area contributed by atoms with E-state index in [-0.39, 0.29) is 5.91 Å². The van der Waals surface area contributed by atoms with Gasteiger partial charge in [0.1, 0.15) is 11.5 Å². The molecule has 2 rings (SSSR count). The van der Waals surface area contributed by atoms with E-state index in [9.17, 15) is 4.79 Å². The number of nitrogens with two attached hydrogens (primary N) is 1. The van der Waals surface area contributed by atoms with Crippen LogP contribution in [-0.2, 0) is 13.6 Å². The van der Waals surface area contributed by atoms with Crippen molar-refractivity contribution in [2.24, 2.45) is 7.05 Å². The maximum atomic E-state index is 12.1. The number of imidazole rings is 1. The molecule has 0 atom stereocenters. The van der Waals surface area contributed by atoms with Crippen molar-refractivity contribution in [2.45, 2.75) is 6.54 Å². The van der Waals surface area contributed by atoms with E-state index in [0.29, 0.717) is 17.9 Å². The standard InChI is InChI=1S/C12H15N5O/c1-16-6-5-15-11(16)8-17(2)12(18)10-7-9(13)3-4-14-10/h3-7H,8H2,1-2H3,(H2,13,14). The molecule has 0 saturated carbocycles. The second-order valence-corrected chi connectivity index (χ2v) is 4.09. The van der Waals surface area contributed by atoms with Crippen LogP contribution in [0.15, 0.2) is 30.7 Å². The molecule has 0 unspecified atom stereocenters. The minimum Gasteiger partial charge on any atom is -0.399 e. The van der Waals surface area contributed by atoms with Gasteiger partial charge in [-0.2, -0.15) is 0 Å². The van der Waals surface area contributed by atoms with Crippen LogP contribution in [0.5, 0.6) is 0 Å². The highest BCUT2D eigenvalue weighted by Gasteiger charge is 2.15. The molecule has 0 fully saturated rings. The van der Waals surface area contributed by atoms with Gasteiger partial charge in [-0.3, -0.25) is 9.78 Å². The third-order valence-corrected chi connectivity index (χ3v) is 2.65. The second kappa shape index (κ2) is 4.87. The van der Waals surface area contributed by atoms with Crippen molar-refractivity contribution in [1.29, 1.82) is 0 Å². The molecule has 0 radical (unpaired) electrons. The molecular weight excluding hydrogens is 230 g/mol. The number of hydrogen-bond donors (Lipinski definition) is 1. The Bertz CT molecular complexity index is 563. The van der Waals surface area contributed by atoms with Gasteiger partial charge in [0.2, 0.25) is 0 Å². The Balaban J connectivity index is 2.12. The molecule has 2 aromatic heterocycles. The Morgan fingerprint density at radius 3 is 2.83 bits per heavy atom. The van der Waals surface area contributed by atoms with Gasteiger partial charge in [-0.15, -0.1) is 0 Å². The van der Waals surface area contributed by atoms with Crippen molar-refractivity contribution >= 4 is 11.6 Å². The van der Waals surface area contributed by atoms with Crippen LogP contribution in [-0.4, -0.2) is 32.4 Å². The van der Waals surface area contributed by atoms with E-state index in [2.05, 4.69) is 9.97 Å². The largest absolute Gasteiger partial charge is 0.399 e. The molecule has 0 aliphatic rings. The lowest BCUT2D eigenvalue weighted by atomic mass is 10.3. The summed E-state index contributed by atoms with van der Waals surface area (Å²) in [4.78, 5) is 21.9. The molecule has 0 aromatic carbocycles. The first-order valence-corrected chi connectivity index (χ1v) is 5.51. The van der Waals surface area contributed by atoms with E-state index in [4.69, 9.17) is 5.73 Å². The number of hydrogen-bond acceptors (Lipinski definition) is 4. The predicted octanol–water partition coefficient (Wildman–Crippen LogP) is 0.669. The molecule has 2 heterocycles. The van der Waals surface area contributed by atoms with Gasteiger partial charge in [-0.25, -0.2) is 4.98 Å². The van der Waals surface area contributed by atoms with Crippen LogP contribution < -0.4 is 5.73 Å². The van der Waals surface area contributed by atoms with Crippen LogP contribution in [0.25, 0.3) is 0 Å². The number of pyridine rings is 1. The molecule has 6 nitrogen and oxygen atoms in total. The summed E-state index contributed by atoms with van der Waals surface area (Å²) < 4.78 is 1.87. The minimum absolute atomic E-state index is 0.176. The Hall–Kier alpha value is -2.37. The highest BCUT2D eigenvalue weighted by atomic mass is 16.2. The average molecular weight is 245 g/mol. The van der Waals surface area contributed by atoms with Crippen LogP contribution in [0.2, 0.25) is 0 Å². The summed E-state index contributed by atoms with van der Waals surface area (Å²) in [5.41, 5.74) is 6.50. The first-order chi connectivity index (χ1) is 8.58. The second-order valence-electron chi connectivity index (χ2n) is 4.09. The zero-order valence-corrected chi connectivity index (χ0v) is 10.4. The molecule has 0 spiro atoms. The van der Waals surface area contributed by atoms with Crippen LogP contribution >= 0.6 is 0 Å². The molecule has 0 aliphatic carbocycles. The Morgan fingerprint density at radius 2 is 2.22 bits per heavy atom. The number of carbonyl (C=O) groups is 1. The lowest BCUT2D eigenvalue weighted by Gasteiger charge is -2.16. The number of nitrogens with zero attached hydrogens (tertiary/aromatic N) is 4. The molecule has 18 heavy (non-hydrogen) atoms. The highest BCUT2D eigenvalue weighted by molar-refractivity contribution is 5.92. The number of amides is 1. The molecular formula is C12H15N5O. The lowest BCUT2D eigenvalue weighted by molar-refractivity contribution is 0.0775. The average Bonchev–Trinajstić information content (AvgIpc) is 2.74. The van der Waals surface area contributed by atoms with Crippen molar-refractivity contribution < 1.29 is 4.79 Å². The molecule has 2 aromatic rings. The quantitative estimate of drug-likeness (QED) is 0.862. The summed E-state index contributed by atoms with van der Waals surface area (Å²) in [6, 6.07) is 3.22. The van der Waals surface area contributed by atoms with Crippen LogP contribution in [0.1, 0.15) is 16.3 Å². The molecule has 94 valence electrons. The number of rotatable bonds is 3. The van der Waals surface area contributed by atoms with Crippen LogP contribution in [0, 0.1) is 0 Å². The van der Waals surface area contributed by atoms with Crippen molar-refractivity contribution in [3.8, 4) is 0 Å². The van der Waals surface area contributed by atoms with Gasteiger partial charge in [0, 0.05) is 38.4 Å². The van der Waals surface area contributed by atoms with Gasteiger partial charge >= 0.3 is 0 Å². The van der Waals surface area contributed by atoms with Crippen molar-refractivity contribution in [3.05, 3.63) is 42.2 Å². The summed E-state index contributed by atoms with van der Waals surface area (Å²) in [6.45, 7) is 0.429. The van der Waals surface area contributed by atoms with Gasteiger partial charge in [0.15, 0.2) is 0 Å². The number of anilines is 1. The summed E-state index contributed by atoms with van der Waals surface area (Å²) in [7, 11) is 3.60. The van der Waals surface area contributed by atoms with E-state index >= 15 is 0 Å². The maximum absolute atomic E-state index is 12.1. The highest BCUT2D eigenvalue weighted by Crippen LogP contribution is 2.08. The van der Waals surface area contributed by atoms with Gasteiger partial charge in [0.05, 0.1) is 6.54 Å². The maximum Gasteiger partial charge on any atom is 0.272 e. The zero-order valence-electron chi connectivity index (χ0n) is 10.4. The Labute approximate surface area is 105 Å². The molecule has 0 saturated heterocycles. The summed E-state index contributed by atoms with van der Waals surface area (Å²) in [5, 5.41) is 0. The topological polar surface area (TPSA) is 77.0 Å². The van der Waals surface area contributed by atoms with E-state index in [1.54, 1.807) is 30.3 Å². The van der Waals surface area contributed by atoms with Crippen molar-refractivity contribution in [2.75, 3.05) is 12.8 Å². The fourth-order valence-electron chi connectivity index (χ4n) is 1.59. The first-order valence-electron chi connectivity index (χ1n) is 5.51. The number of aryl methyl sites for hydroxylation is 1. The van der Waals surface area contributed by atoms with E-state index in [1.165, 1.54) is 6.20 Å². The minimum atomic E-state index is -0.176. The lowest BCUT2D eigenvalue weighted by Crippen LogP contribution is -2.28. The molecule has 0 bridgehead atoms. The van der Waals surface area contributed by atoms with Gasteiger partial charge in [-0.05, 0) is 12.1 Å². The zero-order chi connectivity index (χ0) is 13.1. The monoisotopic (exact) mass is 245 g/mol. The smallest absolute Gasteiger partial charge is 0.272 e. The molecule has 6 heteroatoms. The number of nitrogen functional groups attached to an aromatic ring is 1. The van der Waals surface area contributed by atoms with Crippen LogP contribution in [0.4, 0.5) is 5.69 Å². The van der Waals surface area contributed by atoms with Gasteiger partial charge in [-0.1, -0.05) is 0 Å². The third-order valence-electron chi connectivity index (χ3n) is 2.65. The third kappa shape index (κ3) is 2.48. The summed E-state index contributed by atoms with van der Waals surface area (Å²) in [5.74, 6) is 0.639. The normalized spacial score (nSPS) is 10.3. The SMILES string of the molecule is CN(Cc1nccn1C)C(=O)c1cc(N)ccn1. The number of carbonyl (C=O) groups excluding carboxylic acids is 1. The van der Waals surface area contributed by atoms with Crippen LogP contribution in [0.3, 0.4) is 0 Å².